The first-order chi connectivity index (χ1) is 9.76. The van der Waals surface area contributed by atoms with Crippen LogP contribution in [0.1, 0.15) is 84.5 Å². The van der Waals surface area contributed by atoms with Gasteiger partial charge in [0, 0.05) is 24.8 Å². The Hall–Kier alpha value is -0.0500. The van der Waals surface area contributed by atoms with Crippen molar-refractivity contribution in [2.24, 2.45) is 0 Å². The summed E-state index contributed by atoms with van der Waals surface area (Å²) in [6.07, 6.45) is 12.8. The molecular weight excluding hydrogens is 314 g/mol. The maximum atomic E-state index is 12.3. The molecule has 0 unspecified atom stereocenters. The molecule has 0 rings (SSSR count). The maximum absolute atomic E-state index is 12.3. The van der Waals surface area contributed by atoms with Gasteiger partial charge in [-0.15, -0.1) is 0 Å². The van der Waals surface area contributed by atoms with Crippen molar-refractivity contribution in [1.82, 2.24) is 4.90 Å². The Morgan fingerprint density at radius 1 is 0.800 bits per heavy atom. The zero-order chi connectivity index (χ0) is 15.1. The first-order valence-corrected chi connectivity index (χ1v) is 9.72. The Morgan fingerprint density at radius 3 is 1.80 bits per heavy atom. The molecule has 0 aromatic heterocycles. The van der Waals surface area contributed by atoms with E-state index in [2.05, 4.69) is 34.7 Å². The molecule has 0 atom stereocenters. The molecule has 20 heavy (non-hydrogen) atoms. The average molecular weight is 348 g/mol. The van der Waals surface area contributed by atoms with Crippen LogP contribution in [0.4, 0.5) is 0 Å². The molecule has 0 fully saturated rings. The Morgan fingerprint density at radius 2 is 1.35 bits per heavy atom. The van der Waals surface area contributed by atoms with Gasteiger partial charge < -0.3 is 4.90 Å². The van der Waals surface area contributed by atoms with Gasteiger partial charge in [0.05, 0.1) is 0 Å². The van der Waals surface area contributed by atoms with Gasteiger partial charge in [0.2, 0.25) is 5.91 Å². The highest BCUT2D eigenvalue weighted by atomic mass is 79.9. The minimum atomic E-state index is 0.374. The van der Waals surface area contributed by atoms with Gasteiger partial charge in [-0.1, -0.05) is 68.3 Å². The fourth-order valence-electron chi connectivity index (χ4n) is 2.35. The van der Waals surface area contributed by atoms with Crippen molar-refractivity contribution in [3.05, 3.63) is 0 Å². The molecule has 0 saturated carbocycles. The molecule has 0 aliphatic heterocycles. The van der Waals surface area contributed by atoms with E-state index in [-0.39, 0.29) is 0 Å². The highest BCUT2D eigenvalue weighted by molar-refractivity contribution is 9.09. The second-order valence-corrected chi connectivity index (χ2v) is 6.44. The third-order valence-corrected chi connectivity index (χ3v) is 4.25. The number of nitrogens with zero attached hydrogens (tertiary/aromatic N) is 1. The van der Waals surface area contributed by atoms with E-state index in [9.17, 15) is 4.79 Å². The van der Waals surface area contributed by atoms with Crippen LogP contribution < -0.4 is 0 Å². The molecule has 0 aromatic rings. The molecule has 3 heteroatoms. The Balaban J connectivity index is 3.98. The van der Waals surface area contributed by atoms with Crippen molar-refractivity contribution in [3.63, 3.8) is 0 Å². The Bertz CT molecular complexity index is 209. The van der Waals surface area contributed by atoms with Crippen LogP contribution in [0, 0.1) is 0 Å². The van der Waals surface area contributed by atoms with Gasteiger partial charge in [0.25, 0.3) is 0 Å². The topological polar surface area (TPSA) is 20.3 Å². The molecule has 2 nitrogen and oxygen atoms in total. The standard InChI is InChI=1S/C17H34BrNO/c1-3-5-7-11-15-19(16-12-8-6-4-2)17(20)13-9-10-14-18/h3-16H2,1-2H3. The van der Waals surface area contributed by atoms with Crippen LogP contribution in [-0.4, -0.2) is 29.2 Å². The van der Waals surface area contributed by atoms with Gasteiger partial charge in [-0.3, -0.25) is 4.79 Å². The lowest BCUT2D eigenvalue weighted by Crippen LogP contribution is -2.32. The zero-order valence-electron chi connectivity index (χ0n) is 13.6. The summed E-state index contributed by atoms with van der Waals surface area (Å²) >= 11 is 3.43. The molecular formula is C17H34BrNO. The summed E-state index contributed by atoms with van der Waals surface area (Å²) in [7, 11) is 0. The fraction of sp³-hybridized carbons (Fsp3) is 0.941. The monoisotopic (exact) mass is 347 g/mol. The van der Waals surface area contributed by atoms with E-state index in [1.165, 1.54) is 51.4 Å². The van der Waals surface area contributed by atoms with Crippen molar-refractivity contribution in [2.45, 2.75) is 84.5 Å². The maximum Gasteiger partial charge on any atom is 0.222 e. The highest BCUT2D eigenvalue weighted by Gasteiger charge is 2.12. The van der Waals surface area contributed by atoms with Crippen LogP contribution in [0.5, 0.6) is 0 Å². The molecule has 0 radical (unpaired) electrons. The second-order valence-electron chi connectivity index (χ2n) is 5.65. The summed E-state index contributed by atoms with van der Waals surface area (Å²) in [4.78, 5) is 14.4. The summed E-state index contributed by atoms with van der Waals surface area (Å²) in [5.41, 5.74) is 0. The van der Waals surface area contributed by atoms with Crippen molar-refractivity contribution in [3.8, 4) is 0 Å². The van der Waals surface area contributed by atoms with Crippen molar-refractivity contribution < 1.29 is 4.79 Å². The fourth-order valence-corrected chi connectivity index (χ4v) is 2.75. The lowest BCUT2D eigenvalue weighted by atomic mass is 10.1. The van der Waals surface area contributed by atoms with Crippen LogP contribution in [0.2, 0.25) is 0 Å². The third kappa shape index (κ3) is 11.7. The van der Waals surface area contributed by atoms with Gasteiger partial charge in [0.15, 0.2) is 0 Å². The summed E-state index contributed by atoms with van der Waals surface area (Å²) in [5, 5.41) is 1.01. The predicted molar refractivity (Wildman–Crippen MR) is 92.5 cm³/mol. The van der Waals surface area contributed by atoms with Crippen molar-refractivity contribution >= 4 is 21.8 Å². The number of rotatable bonds is 14. The van der Waals surface area contributed by atoms with E-state index in [0.29, 0.717) is 5.91 Å². The van der Waals surface area contributed by atoms with Crippen molar-refractivity contribution in [2.75, 3.05) is 18.4 Å². The lowest BCUT2D eigenvalue weighted by molar-refractivity contribution is -0.131. The molecule has 0 saturated heterocycles. The first-order valence-electron chi connectivity index (χ1n) is 8.60. The molecule has 0 aromatic carbocycles. The lowest BCUT2D eigenvalue weighted by Gasteiger charge is -2.23. The van der Waals surface area contributed by atoms with E-state index in [4.69, 9.17) is 0 Å². The van der Waals surface area contributed by atoms with Crippen molar-refractivity contribution in [1.29, 1.82) is 0 Å². The van der Waals surface area contributed by atoms with E-state index in [1.807, 2.05) is 0 Å². The van der Waals surface area contributed by atoms with Crippen LogP contribution in [0.3, 0.4) is 0 Å². The summed E-state index contributed by atoms with van der Waals surface area (Å²) in [6.45, 7) is 6.40. The van der Waals surface area contributed by atoms with E-state index >= 15 is 0 Å². The summed E-state index contributed by atoms with van der Waals surface area (Å²) in [5.74, 6) is 0.374. The number of hydrogen-bond acceptors (Lipinski definition) is 1. The number of halogens is 1. The van der Waals surface area contributed by atoms with Gasteiger partial charge >= 0.3 is 0 Å². The molecule has 0 aliphatic rings. The van der Waals surface area contributed by atoms with Crippen LogP contribution in [0.15, 0.2) is 0 Å². The van der Waals surface area contributed by atoms with E-state index in [1.54, 1.807) is 0 Å². The quantitative estimate of drug-likeness (QED) is 0.298. The van der Waals surface area contributed by atoms with Gasteiger partial charge in [-0.25, -0.2) is 0 Å². The predicted octanol–water partition coefficient (Wildman–Crippen LogP) is 5.54. The minimum Gasteiger partial charge on any atom is -0.343 e. The number of carbonyl (C=O) groups is 1. The van der Waals surface area contributed by atoms with Gasteiger partial charge in [0.1, 0.15) is 0 Å². The Labute approximate surface area is 134 Å². The number of carbonyl (C=O) groups excluding carboxylic acids is 1. The first kappa shape index (κ1) is 19.9. The number of alkyl halides is 1. The normalized spacial score (nSPS) is 10.8. The third-order valence-electron chi connectivity index (χ3n) is 3.69. The molecule has 0 heterocycles. The van der Waals surface area contributed by atoms with Gasteiger partial charge in [-0.05, 0) is 25.7 Å². The molecule has 0 aliphatic carbocycles. The number of hydrogen-bond donors (Lipinski definition) is 0. The smallest absolute Gasteiger partial charge is 0.222 e. The molecule has 0 bridgehead atoms. The molecule has 0 spiro atoms. The van der Waals surface area contributed by atoms with E-state index in [0.717, 1.165) is 37.7 Å². The SMILES string of the molecule is CCCCCCN(CCCCCC)C(=O)CCCCBr. The summed E-state index contributed by atoms with van der Waals surface area (Å²) < 4.78 is 0. The molecule has 120 valence electrons. The number of unbranched alkanes of at least 4 members (excludes halogenated alkanes) is 7. The molecule has 0 N–H and O–H groups in total. The largest absolute Gasteiger partial charge is 0.343 e. The highest BCUT2D eigenvalue weighted by Crippen LogP contribution is 2.09. The summed E-state index contributed by atoms with van der Waals surface area (Å²) in [6, 6.07) is 0. The molecule has 1 amide bonds. The second kappa shape index (κ2) is 15.3. The van der Waals surface area contributed by atoms with Gasteiger partial charge in [-0.2, -0.15) is 0 Å². The number of amides is 1. The van der Waals surface area contributed by atoms with E-state index < -0.39 is 0 Å². The Kier molecular flexibility index (Phi) is 15.3. The minimum absolute atomic E-state index is 0.374. The van der Waals surface area contributed by atoms with Crippen LogP contribution in [0.25, 0.3) is 0 Å². The van der Waals surface area contributed by atoms with Crippen LogP contribution in [-0.2, 0) is 4.79 Å². The van der Waals surface area contributed by atoms with Crippen LogP contribution >= 0.6 is 15.9 Å². The zero-order valence-corrected chi connectivity index (χ0v) is 15.2. The average Bonchev–Trinajstić information content (AvgIpc) is 2.45.